The van der Waals surface area contributed by atoms with Gasteiger partial charge in [0.25, 0.3) is 0 Å². The van der Waals surface area contributed by atoms with Crippen molar-refractivity contribution in [3.05, 3.63) is 0 Å². The minimum absolute atomic E-state index is 0.0446. The van der Waals surface area contributed by atoms with Crippen LogP contribution in [0.25, 0.3) is 0 Å². The first-order chi connectivity index (χ1) is 6.54. The van der Waals surface area contributed by atoms with Crippen LogP contribution in [0.3, 0.4) is 0 Å². The number of carboxylic acid groups (broad SMARTS) is 2. The first-order valence-corrected chi connectivity index (χ1v) is 5.14. The molecule has 0 aliphatic rings. The fourth-order valence-corrected chi connectivity index (χ4v) is 1.01. The van der Waals surface area contributed by atoms with Crippen molar-refractivity contribution in [1.82, 2.24) is 0 Å². The standard InChI is InChI=1S/C9H20O.CH2O3/c1-3-5-6-7-8-9(10)4-2;2-1(3)4/h9-10H,3-8H2,1-2H3;(H2,2,3,4). The van der Waals surface area contributed by atoms with Crippen LogP contribution in [-0.4, -0.2) is 27.6 Å². The van der Waals surface area contributed by atoms with E-state index in [2.05, 4.69) is 6.92 Å². The number of rotatable bonds is 6. The molecular formula is C10H22O4. The lowest BCUT2D eigenvalue weighted by molar-refractivity contribution is 0.137. The van der Waals surface area contributed by atoms with Crippen LogP contribution >= 0.6 is 0 Å². The summed E-state index contributed by atoms with van der Waals surface area (Å²) < 4.78 is 0. The van der Waals surface area contributed by atoms with Gasteiger partial charge < -0.3 is 15.3 Å². The van der Waals surface area contributed by atoms with Crippen molar-refractivity contribution in [2.45, 2.75) is 58.5 Å². The van der Waals surface area contributed by atoms with E-state index in [1.54, 1.807) is 0 Å². The molecule has 3 N–H and O–H groups in total. The molecule has 0 saturated carbocycles. The summed E-state index contributed by atoms with van der Waals surface area (Å²) in [6, 6.07) is 0. The Kier molecular flexibility index (Phi) is 13.7. The van der Waals surface area contributed by atoms with Crippen LogP contribution < -0.4 is 0 Å². The van der Waals surface area contributed by atoms with Crippen molar-refractivity contribution >= 4 is 6.16 Å². The van der Waals surface area contributed by atoms with E-state index in [1.807, 2.05) is 6.92 Å². The Morgan fingerprint density at radius 3 is 2.00 bits per heavy atom. The minimum Gasteiger partial charge on any atom is -0.450 e. The lowest BCUT2D eigenvalue weighted by Crippen LogP contribution is -2.03. The molecule has 1 unspecified atom stereocenters. The molecule has 14 heavy (non-hydrogen) atoms. The van der Waals surface area contributed by atoms with Gasteiger partial charge in [0.2, 0.25) is 0 Å². The fourth-order valence-electron chi connectivity index (χ4n) is 1.01. The third-order valence-corrected chi connectivity index (χ3v) is 1.86. The Hall–Kier alpha value is -0.770. The third-order valence-electron chi connectivity index (χ3n) is 1.86. The SMILES string of the molecule is CCCCCCC(O)CC.O=C(O)O. The zero-order chi connectivity index (χ0) is 11.4. The Labute approximate surface area is 85.6 Å². The average molecular weight is 206 g/mol. The van der Waals surface area contributed by atoms with Gasteiger partial charge in [0.05, 0.1) is 6.10 Å². The summed E-state index contributed by atoms with van der Waals surface area (Å²) in [4.78, 5) is 8.56. The molecule has 0 aliphatic carbocycles. The van der Waals surface area contributed by atoms with E-state index < -0.39 is 6.16 Å². The predicted molar refractivity (Wildman–Crippen MR) is 55.7 cm³/mol. The van der Waals surface area contributed by atoms with Gasteiger partial charge in [-0.2, -0.15) is 0 Å². The topological polar surface area (TPSA) is 77.8 Å². The Bertz CT molecular complexity index is 121. The number of carbonyl (C=O) groups is 1. The van der Waals surface area contributed by atoms with E-state index in [4.69, 9.17) is 20.1 Å². The van der Waals surface area contributed by atoms with E-state index >= 15 is 0 Å². The average Bonchev–Trinajstić information content (AvgIpc) is 2.11. The van der Waals surface area contributed by atoms with Gasteiger partial charge in [0.1, 0.15) is 0 Å². The molecule has 4 heteroatoms. The van der Waals surface area contributed by atoms with Gasteiger partial charge >= 0.3 is 6.16 Å². The van der Waals surface area contributed by atoms with Gasteiger partial charge in [-0.15, -0.1) is 0 Å². The first-order valence-electron chi connectivity index (χ1n) is 5.14. The van der Waals surface area contributed by atoms with Gasteiger partial charge in [-0.1, -0.05) is 39.5 Å². The van der Waals surface area contributed by atoms with Gasteiger partial charge in [-0.05, 0) is 12.8 Å². The van der Waals surface area contributed by atoms with Crippen molar-refractivity contribution < 1.29 is 20.1 Å². The number of hydrogen-bond acceptors (Lipinski definition) is 2. The highest BCUT2D eigenvalue weighted by atomic mass is 16.6. The summed E-state index contributed by atoms with van der Waals surface area (Å²) in [6.45, 7) is 4.24. The van der Waals surface area contributed by atoms with Crippen LogP contribution in [0, 0.1) is 0 Å². The molecule has 0 radical (unpaired) electrons. The maximum atomic E-state index is 9.16. The Morgan fingerprint density at radius 1 is 1.14 bits per heavy atom. The molecule has 0 spiro atoms. The maximum Gasteiger partial charge on any atom is 0.503 e. The molecule has 0 aliphatic heterocycles. The van der Waals surface area contributed by atoms with E-state index in [1.165, 1.54) is 25.7 Å². The summed E-state index contributed by atoms with van der Waals surface area (Å²) in [7, 11) is 0. The number of unbranched alkanes of at least 4 members (excludes halogenated alkanes) is 3. The van der Waals surface area contributed by atoms with Crippen LogP contribution in [0.2, 0.25) is 0 Å². The summed E-state index contributed by atoms with van der Waals surface area (Å²) in [5.74, 6) is 0. The number of aliphatic hydroxyl groups excluding tert-OH is 1. The van der Waals surface area contributed by atoms with Crippen LogP contribution in [-0.2, 0) is 0 Å². The van der Waals surface area contributed by atoms with E-state index in [0.29, 0.717) is 0 Å². The summed E-state index contributed by atoms with van der Waals surface area (Å²) in [6.07, 6.45) is 5.11. The van der Waals surface area contributed by atoms with Crippen LogP contribution in [0.4, 0.5) is 4.79 Å². The minimum atomic E-state index is -1.83. The molecule has 1 atom stereocenters. The normalized spacial score (nSPS) is 11.4. The highest BCUT2D eigenvalue weighted by Gasteiger charge is 1.98. The summed E-state index contributed by atoms with van der Waals surface area (Å²) in [5.41, 5.74) is 0. The molecule has 86 valence electrons. The van der Waals surface area contributed by atoms with Crippen LogP contribution in [0.1, 0.15) is 52.4 Å². The molecule has 0 aromatic heterocycles. The Balaban J connectivity index is 0. The van der Waals surface area contributed by atoms with Gasteiger partial charge in [0.15, 0.2) is 0 Å². The molecule has 0 rings (SSSR count). The van der Waals surface area contributed by atoms with Crippen molar-refractivity contribution in [1.29, 1.82) is 0 Å². The molecule has 0 saturated heterocycles. The zero-order valence-corrected chi connectivity index (χ0v) is 9.07. The quantitative estimate of drug-likeness (QED) is 0.584. The van der Waals surface area contributed by atoms with Crippen molar-refractivity contribution in [2.24, 2.45) is 0 Å². The largest absolute Gasteiger partial charge is 0.503 e. The zero-order valence-electron chi connectivity index (χ0n) is 9.07. The van der Waals surface area contributed by atoms with Crippen molar-refractivity contribution in [3.63, 3.8) is 0 Å². The second-order valence-electron chi connectivity index (χ2n) is 3.19. The predicted octanol–water partition coefficient (Wildman–Crippen LogP) is 2.95. The lowest BCUT2D eigenvalue weighted by atomic mass is 10.1. The number of aliphatic hydroxyl groups is 1. The monoisotopic (exact) mass is 206 g/mol. The lowest BCUT2D eigenvalue weighted by Gasteiger charge is -2.05. The first kappa shape index (κ1) is 15.7. The number of hydrogen-bond donors (Lipinski definition) is 3. The second-order valence-corrected chi connectivity index (χ2v) is 3.19. The molecule has 0 heterocycles. The fraction of sp³-hybridized carbons (Fsp3) is 0.900. The Morgan fingerprint density at radius 2 is 1.64 bits per heavy atom. The summed E-state index contributed by atoms with van der Waals surface area (Å²) >= 11 is 0. The molecule has 0 aromatic rings. The van der Waals surface area contributed by atoms with Gasteiger partial charge in [0, 0.05) is 0 Å². The van der Waals surface area contributed by atoms with E-state index in [9.17, 15) is 0 Å². The van der Waals surface area contributed by atoms with Gasteiger partial charge in [-0.3, -0.25) is 0 Å². The molecule has 0 bridgehead atoms. The van der Waals surface area contributed by atoms with Crippen molar-refractivity contribution in [3.8, 4) is 0 Å². The summed E-state index contributed by atoms with van der Waals surface area (Å²) in [5, 5.41) is 23.1. The second kappa shape index (κ2) is 12.2. The molecular weight excluding hydrogens is 184 g/mol. The molecule has 4 nitrogen and oxygen atoms in total. The molecule has 0 amide bonds. The maximum absolute atomic E-state index is 9.16. The van der Waals surface area contributed by atoms with E-state index in [-0.39, 0.29) is 6.10 Å². The third kappa shape index (κ3) is 22.5. The van der Waals surface area contributed by atoms with Crippen LogP contribution in [0.5, 0.6) is 0 Å². The molecule has 0 aromatic carbocycles. The highest BCUT2D eigenvalue weighted by Crippen LogP contribution is 2.06. The van der Waals surface area contributed by atoms with E-state index in [0.717, 1.165) is 12.8 Å². The smallest absolute Gasteiger partial charge is 0.450 e. The van der Waals surface area contributed by atoms with Gasteiger partial charge in [-0.25, -0.2) is 4.79 Å². The molecule has 0 fully saturated rings. The highest BCUT2D eigenvalue weighted by molar-refractivity contribution is 5.53. The van der Waals surface area contributed by atoms with Crippen LogP contribution in [0.15, 0.2) is 0 Å². The van der Waals surface area contributed by atoms with Crippen molar-refractivity contribution in [2.75, 3.05) is 0 Å².